The van der Waals surface area contributed by atoms with Crippen LogP contribution in [0.25, 0.3) is 0 Å². The minimum absolute atomic E-state index is 0.0418. The number of carbonyl (C=O) groups excluding carboxylic acids is 2. The number of rotatable bonds is 7. The van der Waals surface area contributed by atoms with Crippen molar-refractivity contribution in [3.8, 4) is 5.75 Å². The van der Waals surface area contributed by atoms with Crippen LogP contribution in [0.15, 0.2) is 48.5 Å². The molecule has 126 valence electrons. The number of hydrogen-bond donors (Lipinski definition) is 1. The zero-order chi connectivity index (χ0) is 17.4. The van der Waals surface area contributed by atoms with Crippen molar-refractivity contribution in [2.75, 3.05) is 18.5 Å². The molecule has 0 aliphatic rings. The summed E-state index contributed by atoms with van der Waals surface area (Å²) in [5, 5.41) is 3.30. The summed E-state index contributed by atoms with van der Waals surface area (Å²) in [6, 6.07) is 13.8. The molecule has 2 aromatic carbocycles. The lowest BCUT2D eigenvalue weighted by Crippen LogP contribution is -2.21. The molecule has 0 saturated carbocycles. The van der Waals surface area contributed by atoms with Crippen molar-refractivity contribution in [2.45, 2.75) is 6.42 Å². The minimum atomic E-state index is -0.529. The molecule has 0 atom stereocenters. The van der Waals surface area contributed by atoms with E-state index in [4.69, 9.17) is 32.7 Å². The van der Waals surface area contributed by atoms with Crippen molar-refractivity contribution in [3.05, 3.63) is 58.6 Å². The molecule has 24 heavy (non-hydrogen) atoms. The van der Waals surface area contributed by atoms with Crippen LogP contribution in [-0.4, -0.2) is 25.1 Å². The normalized spacial score (nSPS) is 10.1. The Kier molecular flexibility index (Phi) is 6.90. The van der Waals surface area contributed by atoms with Crippen LogP contribution in [0.4, 0.5) is 5.69 Å². The average Bonchev–Trinajstić information content (AvgIpc) is 2.57. The largest absolute Gasteiger partial charge is 0.493 e. The van der Waals surface area contributed by atoms with E-state index in [9.17, 15) is 9.59 Å². The third-order valence-electron chi connectivity index (χ3n) is 2.88. The first-order chi connectivity index (χ1) is 11.5. The third kappa shape index (κ3) is 6.10. The Balaban J connectivity index is 1.69. The number of ether oxygens (including phenoxy) is 2. The predicted octanol–water partition coefficient (Wildman–Crippen LogP) is 3.94. The first-order valence-corrected chi connectivity index (χ1v) is 7.88. The Morgan fingerprint density at radius 2 is 1.79 bits per heavy atom. The summed E-state index contributed by atoms with van der Waals surface area (Å²) in [6.45, 7) is -0.238. The number of para-hydroxylation sites is 1. The van der Waals surface area contributed by atoms with Crippen molar-refractivity contribution in [3.63, 3.8) is 0 Å². The van der Waals surface area contributed by atoms with Crippen LogP contribution in [0.3, 0.4) is 0 Å². The monoisotopic (exact) mass is 367 g/mol. The van der Waals surface area contributed by atoms with Gasteiger partial charge in [0.1, 0.15) is 5.75 Å². The maximum Gasteiger partial charge on any atom is 0.309 e. The third-order valence-corrected chi connectivity index (χ3v) is 3.45. The molecule has 0 radical (unpaired) electrons. The number of carbonyl (C=O) groups is 2. The number of halogens is 2. The molecular formula is C17H15Cl2NO4. The second-order valence-electron chi connectivity index (χ2n) is 4.74. The lowest BCUT2D eigenvalue weighted by atomic mass is 10.3. The molecule has 1 amide bonds. The van der Waals surface area contributed by atoms with Gasteiger partial charge in [0.15, 0.2) is 6.61 Å². The summed E-state index contributed by atoms with van der Waals surface area (Å²) in [6.07, 6.45) is 0.0418. The Labute approximate surface area is 149 Å². The van der Waals surface area contributed by atoms with Gasteiger partial charge in [-0.25, -0.2) is 0 Å². The number of amides is 1. The van der Waals surface area contributed by atoms with E-state index < -0.39 is 18.5 Å². The van der Waals surface area contributed by atoms with E-state index in [1.54, 1.807) is 24.3 Å². The van der Waals surface area contributed by atoms with Crippen molar-refractivity contribution in [1.29, 1.82) is 0 Å². The zero-order valence-corrected chi connectivity index (χ0v) is 14.1. The molecule has 0 aliphatic heterocycles. The van der Waals surface area contributed by atoms with Gasteiger partial charge in [0.25, 0.3) is 5.91 Å². The van der Waals surface area contributed by atoms with E-state index in [2.05, 4.69) is 5.32 Å². The summed E-state index contributed by atoms with van der Waals surface area (Å²) in [5.41, 5.74) is 0.359. The smallest absolute Gasteiger partial charge is 0.309 e. The molecule has 0 spiro atoms. The summed E-state index contributed by atoms with van der Waals surface area (Å²) >= 11 is 11.8. The Morgan fingerprint density at radius 1 is 1.04 bits per heavy atom. The van der Waals surface area contributed by atoms with Gasteiger partial charge >= 0.3 is 5.97 Å². The summed E-state index contributed by atoms with van der Waals surface area (Å²) in [5.74, 6) is -0.367. The molecule has 1 N–H and O–H groups in total. The fraction of sp³-hybridized carbons (Fsp3) is 0.176. The standard InChI is InChI=1S/C17H15Cl2NO4/c18-12-6-7-14(19)15(10-12)20-16(21)11-24-17(22)8-9-23-13-4-2-1-3-5-13/h1-7,10H,8-9,11H2,(H,20,21). The lowest BCUT2D eigenvalue weighted by Gasteiger charge is -2.09. The number of esters is 1. The molecule has 0 aliphatic carbocycles. The van der Waals surface area contributed by atoms with E-state index in [1.807, 2.05) is 18.2 Å². The van der Waals surface area contributed by atoms with Gasteiger partial charge in [-0.05, 0) is 30.3 Å². The number of nitrogens with one attached hydrogen (secondary N) is 1. The second kappa shape index (κ2) is 9.15. The number of hydrogen-bond acceptors (Lipinski definition) is 4. The molecular weight excluding hydrogens is 353 g/mol. The molecule has 0 heterocycles. The molecule has 2 aromatic rings. The SMILES string of the molecule is O=C(COC(=O)CCOc1ccccc1)Nc1cc(Cl)ccc1Cl. The Bertz CT molecular complexity index is 707. The van der Waals surface area contributed by atoms with E-state index in [1.165, 1.54) is 6.07 Å². The molecule has 5 nitrogen and oxygen atoms in total. The number of anilines is 1. The highest BCUT2D eigenvalue weighted by Crippen LogP contribution is 2.25. The van der Waals surface area contributed by atoms with Gasteiger partial charge in [-0.2, -0.15) is 0 Å². The molecule has 0 aromatic heterocycles. The van der Waals surface area contributed by atoms with Gasteiger partial charge < -0.3 is 14.8 Å². The molecule has 0 fully saturated rings. The van der Waals surface area contributed by atoms with Crippen LogP contribution < -0.4 is 10.1 Å². The highest BCUT2D eigenvalue weighted by atomic mass is 35.5. The lowest BCUT2D eigenvalue weighted by molar-refractivity contribution is -0.147. The van der Waals surface area contributed by atoms with Crippen LogP contribution in [0, 0.1) is 0 Å². The topological polar surface area (TPSA) is 64.6 Å². The van der Waals surface area contributed by atoms with Crippen molar-refractivity contribution in [2.24, 2.45) is 0 Å². The number of benzene rings is 2. The van der Waals surface area contributed by atoms with Crippen LogP contribution in [0.1, 0.15) is 6.42 Å². The van der Waals surface area contributed by atoms with E-state index in [-0.39, 0.29) is 13.0 Å². The van der Waals surface area contributed by atoms with Gasteiger partial charge in [-0.1, -0.05) is 41.4 Å². The summed E-state index contributed by atoms with van der Waals surface area (Å²) in [4.78, 5) is 23.3. The minimum Gasteiger partial charge on any atom is -0.493 e. The van der Waals surface area contributed by atoms with Crippen molar-refractivity contribution < 1.29 is 19.1 Å². The quantitative estimate of drug-likeness (QED) is 0.752. The van der Waals surface area contributed by atoms with Gasteiger partial charge in [0.05, 0.1) is 23.7 Å². The summed E-state index contributed by atoms with van der Waals surface area (Å²) in [7, 11) is 0. The maximum absolute atomic E-state index is 11.8. The Hall–Kier alpha value is -2.24. The molecule has 2 rings (SSSR count). The Morgan fingerprint density at radius 3 is 2.54 bits per heavy atom. The fourth-order valence-electron chi connectivity index (χ4n) is 1.77. The van der Waals surface area contributed by atoms with Gasteiger partial charge in [0.2, 0.25) is 0 Å². The fourth-order valence-corrected chi connectivity index (χ4v) is 2.10. The maximum atomic E-state index is 11.8. The van der Waals surface area contributed by atoms with Crippen LogP contribution in [0.5, 0.6) is 5.75 Å². The van der Waals surface area contributed by atoms with Gasteiger partial charge in [0, 0.05) is 5.02 Å². The van der Waals surface area contributed by atoms with Crippen molar-refractivity contribution in [1.82, 2.24) is 0 Å². The zero-order valence-electron chi connectivity index (χ0n) is 12.6. The molecule has 0 bridgehead atoms. The van der Waals surface area contributed by atoms with Gasteiger partial charge in [-0.3, -0.25) is 9.59 Å². The van der Waals surface area contributed by atoms with E-state index in [0.717, 1.165) is 0 Å². The summed E-state index contributed by atoms with van der Waals surface area (Å²) < 4.78 is 10.3. The highest BCUT2D eigenvalue weighted by molar-refractivity contribution is 6.35. The van der Waals surface area contributed by atoms with Crippen molar-refractivity contribution >= 4 is 40.8 Å². The van der Waals surface area contributed by atoms with Crippen LogP contribution in [-0.2, 0) is 14.3 Å². The highest BCUT2D eigenvalue weighted by Gasteiger charge is 2.10. The average molecular weight is 368 g/mol. The first kappa shape index (κ1) is 18.1. The predicted molar refractivity (Wildman–Crippen MR) is 92.6 cm³/mol. The van der Waals surface area contributed by atoms with Gasteiger partial charge in [-0.15, -0.1) is 0 Å². The second-order valence-corrected chi connectivity index (χ2v) is 5.59. The first-order valence-electron chi connectivity index (χ1n) is 7.13. The molecule has 0 saturated heterocycles. The van der Waals surface area contributed by atoms with E-state index in [0.29, 0.717) is 21.5 Å². The van der Waals surface area contributed by atoms with Crippen LogP contribution >= 0.6 is 23.2 Å². The van der Waals surface area contributed by atoms with E-state index >= 15 is 0 Å². The molecule has 0 unspecified atom stereocenters. The van der Waals surface area contributed by atoms with Crippen LogP contribution in [0.2, 0.25) is 10.0 Å². The molecule has 7 heteroatoms.